The summed E-state index contributed by atoms with van der Waals surface area (Å²) in [6.07, 6.45) is 9.94. The molecule has 0 aromatic carbocycles. The Hall–Kier alpha value is -3.21. The molecule has 1 saturated heterocycles. The molecule has 6 rings (SSSR count). The van der Waals surface area contributed by atoms with Crippen molar-refractivity contribution in [2.24, 2.45) is 5.41 Å². The molecule has 8 heteroatoms. The summed E-state index contributed by atoms with van der Waals surface area (Å²) in [6, 6.07) is 6.11. The number of amides is 1. The SMILES string of the molecule is C[C@H]1CN(c2ncnc3c2C2(CCC2)CN3c2cc(C#N)ccn2)[C@@H](C)CN1C(=O)C1(C)CCC1. The third-order valence-electron chi connectivity index (χ3n) is 9.01. The van der Waals surface area contributed by atoms with Crippen molar-refractivity contribution in [2.75, 3.05) is 29.4 Å². The van der Waals surface area contributed by atoms with Gasteiger partial charge in [0.2, 0.25) is 5.91 Å². The molecule has 2 aliphatic heterocycles. The van der Waals surface area contributed by atoms with Crippen LogP contribution in [0.1, 0.15) is 70.4 Å². The summed E-state index contributed by atoms with van der Waals surface area (Å²) in [5, 5.41) is 9.40. The van der Waals surface area contributed by atoms with Gasteiger partial charge in [-0.2, -0.15) is 5.26 Å². The molecule has 4 aliphatic rings. The molecule has 0 unspecified atom stereocenters. The van der Waals surface area contributed by atoms with Crippen LogP contribution in [-0.2, 0) is 10.2 Å². The average Bonchev–Trinajstić information content (AvgIpc) is 3.20. The van der Waals surface area contributed by atoms with Gasteiger partial charge in [-0.3, -0.25) is 4.79 Å². The Kier molecular flexibility index (Phi) is 5.03. The van der Waals surface area contributed by atoms with E-state index in [0.29, 0.717) is 11.5 Å². The first-order valence-corrected chi connectivity index (χ1v) is 12.9. The lowest BCUT2D eigenvalue weighted by Gasteiger charge is -2.50. The van der Waals surface area contributed by atoms with E-state index in [9.17, 15) is 10.1 Å². The number of aromatic nitrogens is 3. The van der Waals surface area contributed by atoms with Gasteiger partial charge in [0, 0.05) is 54.3 Å². The fraction of sp³-hybridized carbons (Fsp3) is 0.593. The van der Waals surface area contributed by atoms with Gasteiger partial charge in [0.1, 0.15) is 23.8 Å². The lowest BCUT2D eigenvalue weighted by atomic mass is 9.66. The number of fused-ring (bicyclic) bond motifs is 2. The van der Waals surface area contributed by atoms with Crippen LogP contribution in [0.4, 0.5) is 17.5 Å². The van der Waals surface area contributed by atoms with E-state index in [1.807, 2.05) is 6.07 Å². The summed E-state index contributed by atoms with van der Waals surface area (Å²) in [6.45, 7) is 8.81. The molecule has 1 spiro atoms. The number of carbonyl (C=O) groups excluding carboxylic acids is 1. The minimum absolute atomic E-state index is 0.0194. The molecule has 8 nitrogen and oxygen atoms in total. The van der Waals surface area contributed by atoms with Crippen LogP contribution in [0.3, 0.4) is 0 Å². The summed E-state index contributed by atoms with van der Waals surface area (Å²) in [4.78, 5) is 34.2. The van der Waals surface area contributed by atoms with Crippen molar-refractivity contribution in [3.8, 4) is 6.07 Å². The Morgan fingerprint density at radius 1 is 1.06 bits per heavy atom. The van der Waals surface area contributed by atoms with Crippen molar-refractivity contribution < 1.29 is 4.79 Å². The molecule has 182 valence electrons. The molecule has 2 aromatic rings. The van der Waals surface area contributed by atoms with E-state index in [0.717, 1.165) is 69.2 Å². The van der Waals surface area contributed by atoms with Gasteiger partial charge >= 0.3 is 0 Å². The van der Waals surface area contributed by atoms with E-state index in [1.165, 1.54) is 12.0 Å². The van der Waals surface area contributed by atoms with Crippen LogP contribution in [0.25, 0.3) is 0 Å². The quantitative estimate of drug-likeness (QED) is 0.670. The van der Waals surface area contributed by atoms with Crippen molar-refractivity contribution in [3.63, 3.8) is 0 Å². The van der Waals surface area contributed by atoms with Gasteiger partial charge in [0.15, 0.2) is 0 Å². The number of anilines is 3. The fourth-order valence-corrected chi connectivity index (χ4v) is 6.53. The number of hydrogen-bond acceptors (Lipinski definition) is 7. The maximum absolute atomic E-state index is 13.3. The molecular formula is C27H33N7O. The van der Waals surface area contributed by atoms with Crippen molar-refractivity contribution in [3.05, 3.63) is 35.8 Å². The topological polar surface area (TPSA) is 89.2 Å². The summed E-state index contributed by atoms with van der Waals surface area (Å²) in [5.41, 5.74) is 1.67. The molecule has 0 bridgehead atoms. The average molecular weight is 472 g/mol. The van der Waals surface area contributed by atoms with Crippen molar-refractivity contribution in [1.29, 1.82) is 5.26 Å². The Morgan fingerprint density at radius 2 is 1.80 bits per heavy atom. The van der Waals surface area contributed by atoms with E-state index in [-0.39, 0.29) is 22.9 Å². The van der Waals surface area contributed by atoms with Crippen LogP contribution in [0.5, 0.6) is 0 Å². The normalized spacial score (nSPS) is 26.1. The van der Waals surface area contributed by atoms with Gasteiger partial charge in [-0.1, -0.05) is 19.8 Å². The van der Waals surface area contributed by atoms with Gasteiger partial charge in [-0.25, -0.2) is 15.0 Å². The molecule has 4 heterocycles. The van der Waals surface area contributed by atoms with Gasteiger partial charge in [0.05, 0.1) is 11.6 Å². The molecule has 1 amide bonds. The highest BCUT2D eigenvalue weighted by atomic mass is 16.2. The van der Waals surface area contributed by atoms with Gasteiger partial charge in [-0.05, 0) is 51.7 Å². The highest BCUT2D eigenvalue weighted by Gasteiger charge is 2.52. The Labute approximate surface area is 207 Å². The van der Waals surface area contributed by atoms with Gasteiger partial charge in [0.25, 0.3) is 0 Å². The van der Waals surface area contributed by atoms with E-state index < -0.39 is 0 Å². The number of piperazine rings is 1. The summed E-state index contributed by atoms with van der Waals surface area (Å²) in [5.74, 6) is 3.01. The molecule has 3 fully saturated rings. The molecule has 0 N–H and O–H groups in total. The standard InChI is InChI=1S/C27H33N7O/c1-18-15-33(25(35)26(3)7-4-8-26)19(2)14-32(18)23-22-24(31-17-30-23)34(16-27(22)9-5-10-27)21-12-20(13-28)6-11-29-21/h6,11-12,17-19H,4-5,7-10,14-16H2,1-3H3/t18-,19-/m0/s1. The van der Waals surface area contributed by atoms with Gasteiger partial charge < -0.3 is 14.7 Å². The first-order valence-electron chi connectivity index (χ1n) is 12.9. The predicted molar refractivity (Wildman–Crippen MR) is 133 cm³/mol. The zero-order chi connectivity index (χ0) is 24.4. The summed E-state index contributed by atoms with van der Waals surface area (Å²) < 4.78 is 0. The molecule has 2 aromatic heterocycles. The number of nitriles is 1. The number of pyridine rings is 1. The first kappa shape index (κ1) is 22.3. The Balaban J connectivity index is 1.35. The number of carbonyl (C=O) groups is 1. The monoisotopic (exact) mass is 471 g/mol. The van der Waals surface area contributed by atoms with E-state index in [2.05, 4.69) is 46.5 Å². The molecule has 0 radical (unpaired) electrons. The molecular weight excluding hydrogens is 438 g/mol. The molecule has 35 heavy (non-hydrogen) atoms. The van der Waals surface area contributed by atoms with Crippen LogP contribution in [0.15, 0.2) is 24.7 Å². The molecule has 2 saturated carbocycles. The second-order valence-electron chi connectivity index (χ2n) is 11.4. The zero-order valence-electron chi connectivity index (χ0n) is 20.9. The minimum Gasteiger partial charge on any atom is -0.350 e. The number of hydrogen-bond donors (Lipinski definition) is 0. The highest BCUT2D eigenvalue weighted by Crippen LogP contribution is 2.56. The highest BCUT2D eigenvalue weighted by molar-refractivity contribution is 5.84. The van der Waals surface area contributed by atoms with E-state index in [1.54, 1.807) is 18.6 Å². The maximum atomic E-state index is 13.3. The molecule has 2 aliphatic carbocycles. The van der Waals surface area contributed by atoms with Crippen molar-refractivity contribution in [1.82, 2.24) is 19.9 Å². The van der Waals surface area contributed by atoms with Crippen LogP contribution in [-0.4, -0.2) is 57.5 Å². The number of rotatable bonds is 3. The Morgan fingerprint density at radius 3 is 2.46 bits per heavy atom. The zero-order valence-corrected chi connectivity index (χ0v) is 20.9. The minimum atomic E-state index is -0.173. The summed E-state index contributed by atoms with van der Waals surface area (Å²) in [7, 11) is 0. The second-order valence-corrected chi connectivity index (χ2v) is 11.4. The predicted octanol–water partition coefficient (Wildman–Crippen LogP) is 3.93. The second kappa shape index (κ2) is 7.91. The maximum Gasteiger partial charge on any atom is 0.228 e. The molecule has 2 atom stereocenters. The van der Waals surface area contributed by atoms with Crippen LogP contribution in [0.2, 0.25) is 0 Å². The van der Waals surface area contributed by atoms with Crippen molar-refractivity contribution >= 4 is 23.4 Å². The van der Waals surface area contributed by atoms with Gasteiger partial charge in [-0.15, -0.1) is 0 Å². The number of nitrogens with zero attached hydrogens (tertiary/aromatic N) is 7. The lowest BCUT2D eigenvalue weighted by molar-refractivity contribution is -0.149. The fourth-order valence-electron chi connectivity index (χ4n) is 6.53. The van der Waals surface area contributed by atoms with E-state index >= 15 is 0 Å². The lowest BCUT2D eigenvalue weighted by Crippen LogP contribution is -2.61. The summed E-state index contributed by atoms with van der Waals surface area (Å²) >= 11 is 0. The van der Waals surface area contributed by atoms with Crippen LogP contribution >= 0.6 is 0 Å². The third kappa shape index (κ3) is 3.31. The largest absolute Gasteiger partial charge is 0.350 e. The third-order valence-corrected chi connectivity index (χ3v) is 9.01. The van der Waals surface area contributed by atoms with Crippen LogP contribution in [0, 0.1) is 16.7 Å². The smallest absolute Gasteiger partial charge is 0.228 e. The van der Waals surface area contributed by atoms with E-state index in [4.69, 9.17) is 9.97 Å². The van der Waals surface area contributed by atoms with Crippen molar-refractivity contribution in [2.45, 2.75) is 76.8 Å². The Bertz CT molecular complexity index is 1210. The first-order chi connectivity index (χ1) is 16.8. The van der Waals surface area contributed by atoms with Crippen LogP contribution < -0.4 is 9.80 Å².